The number of aliphatic hydroxyl groups excluding tert-OH is 6. The number of aromatic hydroxyl groups is 3. The number of carbonyl (C=O) groups excluding carboxylic acids is 1. The van der Waals surface area contributed by atoms with Crippen LogP contribution in [0.5, 0.6) is 28.7 Å². The van der Waals surface area contributed by atoms with Gasteiger partial charge in [0.1, 0.15) is 60.0 Å². The van der Waals surface area contributed by atoms with E-state index in [-0.39, 0.29) is 33.9 Å². The zero-order chi connectivity index (χ0) is 31.8. The van der Waals surface area contributed by atoms with Gasteiger partial charge in [0, 0.05) is 17.7 Å². The molecule has 2 fully saturated rings. The number of ketones is 1. The molecule has 0 saturated carbocycles. The van der Waals surface area contributed by atoms with Crippen LogP contribution in [-0.2, 0) is 18.9 Å². The maximum Gasteiger partial charge on any atom is 0.288 e. The molecule has 9 N–H and O–H groups in total. The topological polar surface area (TPSA) is 255 Å². The van der Waals surface area contributed by atoms with E-state index in [4.69, 9.17) is 28.4 Å². The molecule has 6 rings (SSSR count). The van der Waals surface area contributed by atoms with Crippen LogP contribution in [0.25, 0.3) is 0 Å². The molecule has 3 aliphatic heterocycles. The minimum Gasteiger partial charge on any atom is -0.508 e. The van der Waals surface area contributed by atoms with Crippen molar-refractivity contribution in [3.8, 4) is 28.7 Å². The van der Waals surface area contributed by atoms with Gasteiger partial charge in [-0.25, -0.2) is 0 Å². The standard InChI is InChI=1S/C28H32O16/c1-8-19(32)21(34)23(36)26(41-8)40-7-16-20(33)22(35)24(37)27(42-16)44-28-18(17-13(31)3-9(29)4-15(17)43-28)10-5-12(30)14(39-2)6-11(10)25(28)38/h3-6,8,16,18-24,26-27,29-37H,7H2,1-2H3/t8-,16+,18+,19-,20+,21+,22-,23+,24+,26+,27-,28+/m0/s1. The fourth-order valence-corrected chi connectivity index (χ4v) is 6.10. The van der Waals surface area contributed by atoms with Crippen LogP contribution < -0.4 is 9.47 Å². The summed E-state index contributed by atoms with van der Waals surface area (Å²) in [6.45, 7) is 0.846. The SMILES string of the molecule is COc1cc2c(cc1O)[C@@H]1c3c(O)cc(O)cc3O[C@]1(O[C@@H]1O[C@H](CO[C@@H]3O[C@@H](C)[C@H](O)[C@@H](O)[C@H]3O)[C@@H](O)[C@H](O)[C@H]1O)C2=O. The van der Waals surface area contributed by atoms with Gasteiger partial charge in [-0.3, -0.25) is 4.79 Å². The summed E-state index contributed by atoms with van der Waals surface area (Å²) in [5.41, 5.74) is 0.146. The predicted octanol–water partition coefficient (Wildman–Crippen LogP) is -2.10. The number of methoxy groups -OCH3 is 1. The number of aliphatic hydroxyl groups is 6. The van der Waals surface area contributed by atoms with E-state index >= 15 is 0 Å². The van der Waals surface area contributed by atoms with Crippen LogP contribution in [0.15, 0.2) is 24.3 Å². The largest absolute Gasteiger partial charge is 0.508 e. The summed E-state index contributed by atoms with van der Waals surface area (Å²) in [5.74, 6) is -5.91. The summed E-state index contributed by atoms with van der Waals surface area (Å²) in [7, 11) is 1.27. The molecule has 0 unspecified atom stereocenters. The average Bonchev–Trinajstić information content (AvgIpc) is 3.42. The van der Waals surface area contributed by atoms with E-state index < -0.39 is 97.0 Å². The molecular formula is C28H32O16. The third-order valence-electron chi connectivity index (χ3n) is 8.45. The van der Waals surface area contributed by atoms with Crippen LogP contribution in [0.2, 0.25) is 0 Å². The van der Waals surface area contributed by atoms with Crippen molar-refractivity contribution >= 4 is 5.78 Å². The van der Waals surface area contributed by atoms with Crippen LogP contribution in [0, 0.1) is 0 Å². The molecule has 12 atom stereocenters. The second-order valence-electron chi connectivity index (χ2n) is 11.2. The van der Waals surface area contributed by atoms with Gasteiger partial charge < -0.3 is 74.4 Å². The highest BCUT2D eigenvalue weighted by atomic mass is 16.8. The number of hydrogen-bond donors (Lipinski definition) is 9. The fourth-order valence-electron chi connectivity index (χ4n) is 6.10. The molecule has 2 aromatic carbocycles. The Morgan fingerprint density at radius 2 is 1.50 bits per heavy atom. The first-order valence-corrected chi connectivity index (χ1v) is 13.7. The molecule has 0 aromatic heterocycles. The molecule has 0 amide bonds. The minimum atomic E-state index is -2.40. The molecular weight excluding hydrogens is 592 g/mol. The van der Waals surface area contributed by atoms with Crippen molar-refractivity contribution in [2.45, 2.75) is 80.0 Å². The highest BCUT2D eigenvalue weighted by Crippen LogP contribution is 2.60. The maximum absolute atomic E-state index is 14.0. The first kappa shape index (κ1) is 30.7. The monoisotopic (exact) mass is 624 g/mol. The fraction of sp³-hybridized carbons (Fsp3) is 0.536. The van der Waals surface area contributed by atoms with Crippen molar-refractivity contribution in [2.24, 2.45) is 0 Å². The Bertz CT molecular complexity index is 1450. The summed E-state index contributed by atoms with van der Waals surface area (Å²) in [5, 5.41) is 93.8. The molecule has 240 valence electrons. The number of Topliss-reactive ketones (excluding diaryl/α,β-unsaturated/α-hetero) is 1. The highest BCUT2D eigenvalue weighted by Gasteiger charge is 2.65. The lowest BCUT2D eigenvalue weighted by Crippen LogP contribution is -2.63. The van der Waals surface area contributed by atoms with Crippen LogP contribution in [0.4, 0.5) is 0 Å². The number of phenols is 3. The molecule has 3 heterocycles. The zero-order valence-corrected chi connectivity index (χ0v) is 23.3. The van der Waals surface area contributed by atoms with Crippen molar-refractivity contribution in [3.63, 3.8) is 0 Å². The van der Waals surface area contributed by atoms with Crippen molar-refractivity contribution in [2.75, 3.05) is 13.7 Å². The average molecular weight is 625 g/mol. The molecule has 16 nitrogen and oxygen atoms in total. The number of hydrogen-bond acceptors (Lipinski definition) is 16. The summed E-state index contributed by atoms with van der Waals surface area (Å²) >= 11 is 0. The predicted molar refractivity (Wildman–Crippen MR) is 140 cm³/mol. The van der Waals surface area contributed by atoms with Crippen LogP contribution in [0.3, 0.4) is 0 Å². The molecule has 2 saturated heterocycles. The Balaban J connectivity index is 1.31. The van der Waals surface area contributed by atoms with E-state index in [9.17, 15) is 50.8 Å². The van der Waals surface area contributed by atoms with Crippen molar-refractivity contribution < 1.29 is 79.2 Å². The number of ether oxygens (including phenoxy) is 6. The van der Waals surface area contributed by atoms with E-state index in [1.54, 1.807) is 0 Å². The van der Waals surface area contributed by atoms with Crippen molar-refractivity contribution in [3.05, 3.63) is 41.0 Å². The van der Waals surface area contributed by atoms with Gasteiger partial charge in [-0.15, -0.1) is 0 Å². The molecule has 4 aliphatic rings. The third-order valence-corrected chi connectivity index (χ3v) is 8.45. The van der Waals surface area contributed by atoms with Gasteiger partial charge >= 0.3 is 0 Å². The number of phenolic OH excluding ortho intramolecular Hbond substituents is 3. The van der Waals surface area contributed by atoms with Gasteiger partial charge in [0.25, 0.3) is 5.79 Å². The lowest BCUT2D eigenvalue weighted by molar-refractivity contribution is -0.352. The van der Waals surface area contributed by atoms with Gasteiger partial charge in [-0.1, -0.05) is 0 Å². The number of benzene rings is 2. The third kappa shape index (κ3) is 4.57. The summed E-state index contributed by atoms with van der Waals surface area (Å²) in [6, 6.07) is 4.61. The Hall–Kier alpha value is -3.29. The summed E-state index contributed by atoms with van der Waals surface area (Å²) < 4.78 is 33.7. The summed E-state index contributed by atoms with van der Waals surface area (Å²) in [6.07, 6.45) is -16.1. The lowest BCUT2D eigenvalue weighted by atomic mass is 9.89. The van der Waals surface area contributed by atoms with Gasteiger partial charge in [0.15, 0.2) is 24.1 Å². The Morgan fingerprint density at radius 3 is 2.20 bits per heavy atom. The number of carbonyl (C=O) groups is 1. The first-order chi connectivity index (χ1) is 20.8. The normalized spacial score (nSPS) is 39.4. The number of fused-ring (bicyclic) bond motifs is 5. The van der Waals surface area contributed by atoms with Crippen molar-refractivity contribution in [1.29, 1.82) is 0 Å². The number of rotatable bonds is 6. The molecule has 16 heteroatoms. The van der Waals surface area contributed by atoms with Crippen LogP contribution >= 0.6 is 0 Å². The lowest BCUT2D eigenvalue weighted by Gasteiger charge is -2.44. The van der Waals surface area contributed by atoms with Gasteiger partial charge in [-0.2, -0.15) is 0 Å². The molecule has 44 heavy (non-hydrogen) atoms. The van der Waals surface area contributed by atoms with Gasteiger partial charge in [0.2, 0.25) is 5.78 Å². The van der Waals surface area contributed by atoms with Gasteiger partial charge in [-0.05, 0) is 24.6 Å². The van der Waals surface area contributed by atoms with E-state index in [2.05, 4.69) is 0 Å². The highest BCUT2D eigenvalue weighted by molar-refractivity contribution is 6.09. The maximum atomic E-state index is 14.0. The van der Waals surface area contributed by atoms with Crippen LogP contribution in [0.1, 0.15) is 34.3 Å². The van der Waals surface area contributed by atoms with Gasteiger partial charge in [0.05, 0.1) is 31.3 Å². The molecule has 0 bridgehead atoms. The quantitative estimate of drug-likeness (QED) is 0.167. The molecule has 2 aromatic rings. The first-order valence-electron chi connectivity index (χ1n) is 13.7. The second-order valence-corrected chi connectivity index (χ2v) is 11.2. The molecule has 1 aliphatic carbocycles. The summed E-state index contributed by atoms with van der Waals surface area (Å²) in [4.78, 5) is 14.0. The van der Waals surface area contributed by atoms with Crippen molar-refractivity contribution in [1.82, 2.24) is 0 Å². The second kappa shape index (κ2) is 11.0. The molecule has 0 radical (unpaired) electrons. The minimum absolute atomic E-state index is 0.0172. The Morgan fingerprint density at radius 1 is 0.818 bits per heavy atom. The van der Waals surface area contributed by atoms with E-state index in [0.29, 0.717) is 0 Å². The zero-order valence-electron chi connectivity index (χ0n) is 23.3. The van der Waals surface area contributed by atoms with E-state index in [0.717, 1.165) is 12.1 Å². The smallest absolute Gasteiger partial charge is 0.288 e. The Kier molecular flexibility index (Phi) is 7.65. The van der Waals surface area contributed by atoms with Crippen LogP contribution in [-0.4, -0.2) is 133 Å². The van der Waals surface area contributed by atoms with E-state index in [1.807, 2.05) is 0 Å². The Labute approximate surface area is 248 Å². The molecule has 0 spiro atoms. The van der Waals surface area contributed by atoms with E-state index in [1.165, 1.54) is 26.2 Å².